The summed E-state index contributed by atoms with van der Waals surface area (Å²) in [5.74, 6) is -0.394. The number of nitro groups is 1. The van der Waals surface area contributed by atoms with Gasteiger partial charge in [0.05, 0.1) is 17.3 Å². The first kappa shape index (κ1) is 16.7. The largest absolute Gasteiger partial charge is 0.486 e. The van der Waals surface area contributed by atoms with Crippen molar-refractivity contribution in [1.29, 1.82) is 0 Å². The summed E-state index contributed by atoms with van der Waals surface area (Å²) in [5.41, 5.74) is 0.619. The van der Waals surface area contributed by atoms with E-state index in [-0.39, 0.29) is 29.7 Å². The number of rotatable bonds is 7. The molecule has 1 aromatic rings. The zero-order valence-electron chi connectivity index (χ0n) is 11.2. The highest BCUT2D eigenvalue weighted by Gasteiger charge is 2.19. The summed E-state index contributed by atoms with van der Waals surface area (Å²) in [6, 6.07) is 4.62. The average molecular weight is 322 g/mol. The lowest BCUT2D eigenvalue weighted by molar-refractivity contribution is -0.385. The molecule has 0 aliphatic heterocycles. The van der Waals surface area contributed by atoms with E-state index in [9.17, 15) is 18.5 Å². The van der Waals surface area contributed by atoms with Crippen molar-refractivity contribution in [2.75, 3.05) is 12.4 Å². The van der Waals surface area contributed by atoms with Gasteiger partial charge in [-0.3, -0.25) is 10.1 Å². The molecule has 20 heavy (non-hydrogen) atoms. The molecule has 0 saturated carbocycles. The molecule has 112 valence electrons. The molecule has 1 aromatic carbocycles. The molecule has 6 nitrogen and oxygen atoms in total. The third kappa shape index (κ3) is 5.34. The normalized spacial score (nSPS) is 12.9. The van der Waals surface area contributed by atoms with Gasteiger partial charge < -0.3 is 4.74 Å². The Morgan fingerprint density at radius 1 is 1.45 bits per heavy atom. The second kappa shape index (κ2) is 6.90. The van der Waals surface area contributed by atoms with Gasteiger partial charge in [-0.25, -0.2) is 8.42 Å². The van der Waals surface area contributed by atoms with E-state index in [0.717, 1.165) is 5.56 Å². The molecule has 0 aliphatic rings. The molecule has 0 amide bonds. The summed E-state index contributed by atoms with van der Waals surface area (Å²) in [5, 5.41) is 10.9. The van der Waals surface area contributed by atoms with E-state index in [1.54, 1.807) is 19.9 Å². The zero-order chi connectivity index (χ0) is 15.3. The summed E-state index contributed by atoms with van der Waals surface area (Å²) >= 11 is 0. The summed E-state index contributed by atoms with van der Waals surface area (Å²) < 4.78 is 27.5. The number of hydrogen-bond donors (Lipinski definition) is 0. The fraction of sp³-hybridized carbons (Fsp3) is 0.500. The van der Waals surface area contributed by atoms with Gasteiger partial charge >= 0.3 is 5.69 Å². The lowest BCUT2D eigenvalue weighted by Gasteiger charge is -2.14. The lowest BCUT2D eigenvalue weighted by Crippen LogP contribution is -2.19. The first-order valence-corrected chi connectivity index (χ1v) is 8.51. The Bertz CT molecular complexity index is 588. The van der Waals surface area contributed by atoms with Gasteiger partial charge in [0.25, 0.3) is 0 Å². The van der Waals surface area contributed by atoms with Gasteiger partial charge in [-0.05, 0) is 25.0 Å². The Balaban J connectivity index is 2.81. The highest BCUT2D eigenvalue weighted by atomic mass is 35.7. The van der Waals surface area contributed by atoms with Crippen molar-refractivity contribution in [3.8, 4) is 5.75 Å². The van der Waals surface area contributed by atoms with Crippen molar-refractivity contribution < 1.29 is 18.1 Å². The number of nitro benzene ring substituents is 1. The standard InChI is InChI=1S/C12H16ClNO5S/c1-3-10(8-20(13,17)18)7-19-12-5-4-9(2)6-11(12)14(15)16/h4-6,10H,3,7-8H2,1-2H3. The van der Waals surface area contributed by atoms with Gasteiger partial charge in [0.15, 0.2) is 5.75 Å². The molecular weight excluding hydrogens is 306 g/mol. The van der Waals surface area contributed by atoms with Crippen molar-refractivity contribution >= 4 is 25.4 Å². The van der Waals surface area contributed by atoms with Crippen molar-refractivity contribution in [2.24, 2.45) is 5.92 Å². The Kier molecular flexibility index (Phi) is 5.76. The summed E-state index contributed by atoms with van der Waals surface area (Å²) in [4.78, 5) is 10.4. The second-order valence-corrected chi connectivity index (χ2v) is 7.34. The van der Waals surface area contributed by atoms with Crippen molar-refractivity contribution in [1.82, 2.24) is 0 Å². The maximum atomic E-state index is 11.0. The van der Waals surface area contributed by atoms with Crippen LogP contribution in [0.4, 0.5) is 5.69 Å². The number of halogens is 1. The highest BCUT2D eigenvalue weighted by molar-refractivity contribution is 8.13. The van der Waals surface area contributed by atoms with Crippen LogP contribution in [0.15, 0.2) is 18.2 Å². The SMILES string of the molecule is CCC(COc1ccc(C)cc1[N+](=O)[O-])CS(=O)(=O)Cl. The number of nitrogens with zero attached hydrogens (tertiary/aromatic N) is 1. The summed E-state index contributed by atoms with van der Waals surface area (Å²) in [7, 11) is 1.58. The highest BCUT2D eigenvalue weighted by Crippen LogP contribution is 2.28. The Morgan fingerprint density at radius 2 is 2.10 bits per heavy atom. The minimum absolute atomic E-state index is 0.0619. The minimum Gasteiger partial charge on any atom is -0.486 e. The Morgan fingerprint density at radius 3 is 2.60 bits per heavy atom. The lowest BCUT2D eigenvalue weighted by atomic mass is 10.1. The van der Waals surface area contributed by atoms with Gasteiger partial charge in [0, 0.05) is 22.7 Å². The van der Waals surface area contributed by atoms with Crippen molar-refractivity contribution in [3.05, 3.63) is 33.9 Å². The fourth-order valence-corrected chi connectivity index (χ4v) is 3.09. The monoisotopic (exact) mass is 321 g/mol. The van der Waals surface area contributed by atoms with Gasteiger partial charge in [-0.1, -0.05) is 13.0 Å². The number of benzene rings is 1. The average Bonchev–Trinajstić information content (AvgIpc) is 2.33. The van der Waals surface area contributed by atoms with Crippen LogP contribution in [0.1, 0.15) is 18.9 Å². The van der Waals surface area contributed by atoms with E-state index in [2.05, 4.69) is 0 Å². The summed E-state index contributed by atoms with van der Waals surface area (Å²) in [6.07, 6.45) is 0.547. The molecule has 0 heterocycles. The van der Waals surface area contributed by atoms with Crippen LogP contribution in [-0.2, 0) is 9.05 Å². The van der Waals surface area contributed by atoms with Crippen molar-refractivity contribution in [2.45, 2.75) is 20.3 Å². The van der Waals surface area contributed by atoms with Crippen LogP contribution < -0.4 is 4.74 Å². The molecule has 1 unspecified atom stereocenters. The molecule has 0 N–H and O–H groups in total. The van der Waals surface area contributed by atoms with Gasteiger partial charge in [-0.15, -0.1) is 0 Å². The molecule has 0 spiro atoms. The zero-order valence-corrected chi connectivity index (χ0v) is 12.8. The molecule has 0 bridgehead atoms. The van der Waals surface area contributed by atoms with Gasteiger partial charge in [0.1, 0.15) is 0 Å². The number of ether oxygens (including phenoxy) is 1. The van der Waals surface area contributed by atoms with Gasteiger partial charge in [-0.2, -0.15) is 0 Å². The van der Waals surface area contributed by atoms with Crippen LogP contribution in [0.3, 0.4) is 0 Å². The van der Waals surface area contributed by atoms with Crippen LogP contribution in [0.5, 0.6) is 5.75 Å². The maximum Gasteiger partial charge on any atom is 0.311 e. The maximum absolute atomic E-state index is 11.0. The summed E-state index contributed by atoms with van der Waals surface area (Å²) in [6.45, 7) is 3.61. The predicted molar refractivity (Wildman–Crippen MR) is 76.7 cm³/mol. The molecule has 0 radical (unpaired) electrons. The molecule has 8 heteroatoms. The molecule has 0 aromatic heterocycles. The first-order chi connectivity index (χ1) is 9.23. The van der Waals surface area contributed by atoms with E-state index >= 15 is 0 Å². The van der Waals surface area contributed by atoms with E-state index in [0.29, 0.717) is 6.42 Å². The van der Waals surface area contributed by atoms with Crippen LogP contribution in [0.2, 0.25) is 0 Å². The van der Waals surface area contributed by atoms with E-state index < -0.39 is 14.0 Å². The first-order valence-electron chi connectivity index (χ1n) is 6.03. The number of aryl methyl sites for hydroxylation is 1. The molecule has 1 rings (SSSR count). The third-order valence-electron chi connectivity index (χ3n) is 2.80. The van der Waals surface area contributed by atoms with E-state index in [4.69, 9.17) is 15.4 Å². The number of hydrogen-bond acceptors (Lipinski definition) is 5. The third-order valence-corrected chi connectivity index (χ3v) is 4.05. The van der Waals surface area contributed by atoms with Gasteiger partial charge in [0.2, 0.25) is 9.05 Å². The van der Waals surface area contributed by atoms with Crippen LogP contribution >= 0.6 is 10.7 Å². The Labute approximate surface area is 122 Å². The quantitative estimate of drug-likeness (QED) is 0.438. The predicted octanol–water partition coefficient (Wildman–Crippen LogP) is 2.88. The molecule has 1 atom stereocenters. The van der Waals surface area contributed by atoms with Crippen LogP contribution in [-0.4, -0.2) is 25.7 Å². The van der Waals surface area contributed by atoms with Crippen LogP contribution in [0.25, 0.3) is 0 Å². The van der Waals surface area contributed by atoms with Crippen molar-refractivity contribution in [3.63, 3.8) is 0 Å². The molecule has 0 aliphatic carbocycles. The second-order valence-electron chi connectivity index (χ2n) is 4.52. The smallest absolute Gasteiger partial charge is 0.311 e. The molecule has 0 saturated heterocycles. The van der Waals surface area contributed by atoms with E-state index in [1.807, 2.05) is 0 Å². The molecule has 0 fully saturated rings. The fourth-order valence-electron chi connectivity index (χ4n) is 1.67. The minimum atomic E-state index is -3.61. The topological polar surface area (TPSA) is 86.5 Å². The molecular formula is C12H16ClNO5S. The van der Waals surface area contributed by atoms with E-state index in [1.165, 1.54) is 12.1 Å². The van der Waals surface area contributed by atoms with Crippen LogP contribution in [0, 0.1) is 23.0 Å². The Hall–Kier alpha value is -1.34.